The zero-order chi connectivity index (χ0) is 18.6. The largest absolute Gasteiger partial charge is 0.325 e. The molecule has 1 saturated heterocycles. The lowest BCUT2D eigenvalue weighted by atomic mass is 9.85. The molecule has 2 saturated carbocycles. The minimum Gasteiger partial charge on any atom is -0.325 e. The molecule has 0 aromatic heterocycles. The van der Waals surface area contributed by atoms with Crippen molar-refractivity contribution in [3.63, 3.8) is 0 Å². The fourth-order valence-corrected chi connectivity index (χ4v) is 6.70. The average Bonchev–Trinajstić information content (AvgIpc) is 3.13. The van der Waals surface area contributed by atoms with Crippen molar-refractivity contribution in [2.24, 2.45) is 5.92 Å². The summed E-state index contributed by atoms with van der Waals surface area (Å²) in [6.07, 6.45) is 11.9. The maximum atomic E-state index is 12.7. The van der Waals surface area contributed by atoms with Crippen LogP contribution in [0.25, 0.3) is 0 Å². The third-order valence-electron chi connectivity index (χ3n) is 6.61. The summed E-state index contributed by atoms with van der Waals surface area (Å²) < 4.78 is 12.7. The van der Waals surface area contributed by atoms with Crippen LogP contribution in [0.1, 0.15) is 69.8 Å². The molecule has 1 heterocycles. The van der Waals surface area contributed by atoms with Gasteiger partial charge in [0.05, 0.1) is 6.04 Å². The van der Waals surface area contributed by atoms with E-state index in [1.807, 2.05) is 24.3 Å². The highest BCUT2D eigenvalue weighted by atomic mass is 32.2. The summed E-state index contributed by atoms with van der Waals surface area (Å²) in [5.74, 6) is 1.34. The second kappa shape index (κ2) is 8.87. The molecule has 1 aliphatic heterocycles. The van der Waals surface area contributed by atoms with Crippen LogP contribution in [-0.4, -0.2) is 27.4 Å². The first-order chi connectivity index (χ1) is 13.2. The number of hydrogen-bond donors (Lipinski definition) is 2. The zero-order valence-corrected chi connectivity index (χ0v) is 16.9. The van der Waals surface area contributed by atoms with E-state index in [0.29, 0.717) is 23.0 Å². The van der Waals surface area contributed by atoms with Gasteiger partial charge in [-0.2, -0.15) is 0 Å². The molecule has 0 spiro atoms. The monoisotopic (exact) mass is 388 g/mol. The van der Waals surface area contributed by atoms with E-state index in [0.717, 1.165) is 30.5 Å². The third-order valence-corrected chi connectivity index (χ3v) is 8.44. The Bertz CT molecular complexity index is 673. The van der Waals surface area contributed by atoms with E-state index >= 15 is 0 Å². The van der Waals surface area contributed by atoms with Crippen molar-refractivity contribution in [1.29, 1.82) is 0 Å². The fourth-order valence-electron chi connectivity index (χ4n) is 5.10. The molecule has 1 amide bonds. The van der Waals surface area contributed by atoms with E-state index in [4.69, 9.17) is 0 Å². The highest BCUT2D eigenvalue weighted by molar-refractivity contribution is 7.84. The fraction of sp³-hybridized carbons (Fsp3) is 0.682. The van der Waals surface area contributed by atoms with Gasteiger partial charge in [-0.3, -0.25) is 9.00 Å². The van der Waals surface area contributed by atoms with Crippen LogP contribution in [0.5, 0.6) is 0 Å². The predicted molar refractivity (Wildman–Crippen MR) is 111 cm³/mol. The second-order valence-corrected chi connectivity index (χ2v) is 10.3. The molecule has 3 aliphatic rings. The van der Waals surface area contributed by atoms with Crippen LogP contribution in [0.15, 0.2) is 24.3 Å². The molecule has 0 radical (unpaired) electrons. The van der Waals surface area contributed by atoms with Crippen molar-refractivity contribution in [1.82, 2.24) is 5.32 Å². The summed E-state index contributed by atoms with van der Waals surface area (Å²) >= 11 is 0. The Morgan fingerprint density at radius 2 is 1.85 bits per heavy atom. The van der Waals surface area contributed by atoms with E-state index in [9.17, 15) is 9.00 Å². The normalized spacial score (nSPS) is 29.9. The van der Waals surface area contributed by atoms with Gasteiger partial charge in [-0.25, -0.2) is 0 Å². The number of fused-ring (bicyclic) bond motifs is 1. The van der Waals surface area contributed by atoms with Crippen LogP contribution in [0.2, 0.25) is 0 Å². The Labute approximate surface area is 165 Å². The van der Waals surface area contributed by atoms with E-state index in [1.165, 1.54) is 44.9 Å². The first kappa shape index (κ1) is 19.1. The molecule has 3 fully saturated rings. The molecule has 4 atom stereocenters. The smallest absolute Gasteiger partial charge is 0.241 e. The summed E-state index contributed by atoms with van der Waals surface area (Å²) in [6, 6.07) is 8.38. The Balaban J connectivity index is 1.33. The molecular formula is C22H32N2O2S. The molecule has 148 valence electrons. The SMILES string of the molecule is O=C(Nc1cccc(CS(=O)C2CCCCC2)c1)C1CC2CCCCC2N1. The second-order valence-electron chi connectivity index (χ2n) is 8.58. The van der Waals surface area contributed by atoms with Crippen LogP contribution in [-0.2, 0) is 21.3 Å². The standard InChI is InChI=1S/C22H32N2O2S/c25-22(21-14-17-8-4-5-12-20(17)24-21)23-18-9-6-7-16(13-18)15-27(26)19-10-2-1-3-11-19/h6-7,9,13,17,19-21,24H,1-5,8,10-12,14-15H2,(H,23,25). The van der Waals surface area contributed by atoms with E-state index in [1.54, 1.807) is 0 Å². The number of carbonyl (C=O) groups excluding carboxylic acids is 1. The third kappa shape index (κ3) is 4.80. The lowest BCUT2D eigenvalue weighted by molar-refractivity contribution is -0.117. The van der Waals surface area contributed by atoms with E-state index in [2.05, 4.69) is 10.6 Å². The molecule has 0 bridgehead atoms. The number of anilines is 1. The molecule has 1 aromatic carbocycles. The summed E-state index contributed by atoms with van der Waals surface area (Å²) in [4.78, 5) is 12.7. The van der Waals surface area contributed by atoms with Crippen molar-refractivity contribution < 1.29 is 9.00 Å². The number of nitrogens with one attached hydrogen (secondary N) is 2. The van der Waals surface area contributed by atoms with Crippen molar-refractivity contribution >= 4 is 22.4 Å². The van der Waals surface area contributed by atoms with Gasteiger partial charge in [0.1, 0.15) is 0 Å². The summed E-state index contributed by atoms with van der Waals surface area (Å²) in [7, 11) is -0.811. The lowest BCUT2D eigenvalue weighted by Gasteiger charge is -2.24. The minimum absolute atomic E-state index is 0.0712. The Kier molecular flexibility index (Phi) is 6.28. The van der Waals surface area contributed by atoms with Crippen molar-refractivity contribution in [2.75, 3.05) is 5.32 Å². The van der Waals surface area contributed by atoms with Crippen LogP contribution in [0.3, 0.4) is 0 Å². The molecule has 4 nitrogen and oxygen atoms in total. The summed E-state index contributed by atoms with van der Waals surface area (Å²) in [6.45, 7) is 0. The Morgan fingerprint density at radius 1 is 1.07 bits per heavy atom. The zero-order valence-electron chi connectivity index (χ0n) is 16.1. The minimum atomic E-state index is -0.811. The van der Waals surface area contributed by atoms with E-state index in [-0.39, 0.29) is 11.9 Å². The van der Waals surface area contributed by atoms with Gasteiger partial charge in [0.2, 0.25) is 5.91 Å². The van der Waals surface area contributed by atoms with Crippen LogP contribution in [0, 0.1) is 5.92 Å². The van der Waals surface area contributed by atoms with Crippen molar-refractivity contribution in [3.05, 3.63) is 29.8 Å². The molecule has 2 N–H and O–H groups in total. The highest BCUT2D eigenvalue weighted by Gasteiger charge is 2.38. The Hall–Kier alpha value is -1.20. The van der Waals surface area contributed by atoms with E-state index < -0.39 is 10.8 Å². The first-order valence-corrected chi connectivity index (χ1v) is 12.1. The van der Waals surface area contributed by atoms with Gasteiger partial charge in [0.25, 0.3) is 0 Å². The van der Waals surface area contributed by atoms with Crippen LogP contribution < -0.4 is 10.6 Å². The maximum absolute atomic E-state index is 12.7. The summed E-state index contributed by atoms with van der Waals surface area (Å²) in [5, 5.41) is 6.98. The molecule has 1 aromatic rings. The predicted octanol–water partition coefficient (Wildman–Crippen LogP) is 4.13. The molecule has 4 unspecified atom stereocenters. The van der Waals surface area contributed by atoms with Crippen LogP contribution in [0.4, 0.5) is 5.69 Å². The van der Waals surface area contributed by atoms with Gasteiger partial charge < -0.3 is 10.6 Å². The quantitative estimate of drug-likeness (QED) is 0.797. The molecular weight excluding hydrogens is 356 g/mol. The molecule has 27 heavy (non-hydrogen) atoms. The topological polar surface area (TPSA) is 58.2 Å². The molecule has 4 rings (SSSR count). The highest BCUT2D eigenvalue weighted by Crippen LogP contribution is 2.33. The maximum Gasteiger partial charge on any atom is 0.241 e. The number of amides is 1. The van der Waals surface area contributed by atoms with Gasteiger partial charge in [0.15, 0.2) is 0 Å². The molecule has 5 heteroatoms. The first-order valence-electron chi connectivity index (χ1n) is 10.7. The van der Waals surface area contributed by atoms with Gasteiger partial charge in [-0.05, 0) is 55.7 Å². The summed E-state index contributed by atoms with van der Waals surface area (Å²) in [5.41, 5.74) is 1.89. The van der Waals surface area contributed by atoms with Gasteiger partial charge in [0, 0.05) is 33.5 Å². The van der Waals surface area contributed by atoms with Gasteiger partial charge in [-0.1, -0.05) is 44.2 Å². The number of rotatable bonds is 5. The van der Waals surface area contributed by atoms with Crippen molar-refractivity contribution in [2.45, 2.75) is 87.3 Å². The van der Waals surface area contributed by atoms with Gasteiger partial charge in [-0.15, -0.1) is 0 Å². The number of hydrogen-bond acceptors (Lipinski definition) is 3. The lowest BCUT2D eigenvalue weighted by Crippen LogP contribution is -2.39. The Morgan fingerprint density at radius 3 is 2.67 bits per heavy atom. The van der Waals surface area contributed by atoms with Crippen LogP contribution >= 0.6 is 0 Å². The average molecular weight is 389 g/mol. The number of carbonyl (C=O) groups is 1. The van der Waals surface area contributed by atoms with Gasteiger partial charge >= 0.3 is 0 Å². The van der Waals surface area contributed by atoms with Crippen molar-refractivity contribution in [3.8, 4) is 0 Å². The molecule has 2 aliphatic carbocycles. The number of benzene rings is 1.